The van der Waals surface area contributed by atoms with E-state index in [9.17, 15) is 9.59 Å². The Kier molecular flexibility index (Phi) is 12.9. The van der Waals surface area contributed by atoms with E-state index in [0.29, 0.717) is 22.8 Å². The van der Waals surface area contributed by atoms with E-state index in [4.69, 9.17) is 24.4 Å². The molecule has 0 atom stereocenters. The van der Waals surface area contributed by atoms with Crippen molar-refractivity contribution in [2.75, 3.05) is 10.0 Å². The molecule has 8 heteroatoms. The molecular weight excluding hydrogens is 476 g/mol. The van der Waals surface area contributed by atoms with E-state index >= 15 is 0 Å². The molecule has 0 aliphatic heterocycles. The van der Waals surface area contributed by atoms with Gasteiger partial charge in [0.05, 0.1) is 11.4 Å². The second kappa shape index (κ2) is 15.9. The number of carbonyl (C=O) groups is 2. The zero-order chi connectivity index (χ0) is 25.5. The summed E-state index contributed by atoms with van der Waals surface area (Å²) in [5.74, 6) is -0.900. The first-order valence-corrected chi connectivity index (χ1v) is 13.1. The number of amides is 2. The van der Waals surface area contributed by atoms with Crippen LogP contribution in [0.25, 0.3) is 0 Å². The van der Waals surface area contributed by atoms with Crippen LogP contribution in [-0.2, 0) is 9.59 Å². The molecular formula is C27H36N4O2S2. The molecule has 6 nitrogen and oxygen atoms in total. The van der Waals surface area contributed by atoms with E-state index in [1.54, 1.807) is 10.0 Å². The van der Waals surface area contributed by atoms with Crippen molar-refractivity contribution in [2.24, 2.45) is 0 Å². The van der Waals surface area contributed by atoms with E-state index in [1.165, 1.54) is 0 Å². The average Bonchev–Trinajstić information content (AvgIpc) is 2.87. The Balaban J connectivity index is 2.05. The van der Waals surface area contributed by atoms with Crippen LogP contribution in [0.1, 0.15) is 71.6 Å². The molecule has 35 heavy (non-hydrogen) atoms. The van der Waals surface area contributed by atoms with Crippen LogP contribution in [0.2, 0.25) is 0 Å². The topological polar surface area (TPSA) is 64.7 Å². The average molecular weight is 513 g/mol. The first-order chi connectivity index (χ1) is 17.0. The first-order valence-electron chi connectivity index (χ1n) is 12.3. The van der Waals surface area contributed by atoms with Gasteiger partial charge in [-0.05, 0) is 37.1 Å². The van der Waals surface area contributed by atoms with Crippen LogP contribution in [0, 0.1) is 0 Å². The van der Waals surface area contributed by atoms with Crippen molar-refractivity contribution < 1.29 is 9.59 Å². The van der Waals surface area contributed by atoms with Gasteiger partial charge in [-0.3, -0.25) is 20.4 Å². The van der Waals surface area contributed by atoms with Crippen molar-refractivity contribution in [2.45, 2.75) is 71.6 Å². The summed E-state index contributed by atoms with van der Waals surface area (Å²) in [6.07, 6.45) is 7.17. The van der Waals surface area contributed by atoms with E-state index < -0.39 is 11.8 Å². The summed E-state index contributed by atoms with van der Waals surface area (Å²) in [6, 6.07) is 18.8. The quantitative estimate of drug-likeness (QED) is 0.151. The molecule has 0 spiro atoms. The Morgan fingerprint density at radius 1 is 0.657 bits per heavy atom. The number of anilines is 2. The van der Waals surface area contributed by atoms with E-state index in [2.05, 4.69) is 24.7 Å². The normalized spacial score (nSPS) is 10.3. The zero-order valence-electron chi connectivity index (χ0n) is 20.7. The number of hydrazine groups is 2. The third-order valence-electron chi connectivity index (χ3n) is 5.31. The summed E-state index contributed by atoms with van der Waals surface area (Å²) >= 11 is 11.2. The van der Waals surface area contributed by atoms with Crippen molar-refractivity contribution in [1.29, 1.82) is 0 Å². The minimum Gasteiger partial charge on any atom is -0.273 e. The lowest BCUT2D eigenvalue weighted by Crippen LogP contribution is -2.50. The van der Waals surface area contributed by atoms with Crippen LogP contribution in [-0.4, -0.2) is 21.8 Å². The van der Waals surface area contributed by atoms with Crippen LogP contribution in [0.4, 0.5) is 11.4 Å². The molecule has 0 fully saturated rings. The highest BCUT2D eigenvalue weighted by molar-refractivity contribution is 7.80. The van der Waals surface area contributed by atoms with Crippen molar-refractivity contribution in [3.8, 4) is 0 Å². The van der Waals surface area contributed by atoms with Gasteiger partial charge in [-0.25, -0.2) is 10.0 Å². The number of para-hydroxylation sites is 2. The predicted octanol–water partition coefficient (Wildman–Crippen LogP) is 6.27. The summed E-state index contributed by atoms with van der Waals surface area (Å²) < 4.78 is 0. The molecule has 2 aromatic carbocycles. The smallest absolute Gasteiger partial charge is 0.248 e. The number of rotatable bonds is 12. The molecule has 2 amide bonds. The van der Waals surface area contributed by atoms with Crippen LogP contribution >= 0.6 is 24.4 Å². The van der Waals surface area contributed by atoms with Gasteiger partial charge >= 0.3 is 0 Å². The Labute approximate surface area is 220 Å². The molecule has 0 heterocycles. The lowest BCUT2D eigenvalue weighted by atomic mass is 10.2. The maximum atomic E-state index is 12.8. The van der Waals surface area contributed by atoms with Crippen molar-refractivity contribution in [3.63, 3.8) is 0 Å². The molecule has 0 unspecified atom stereocenters. The maximum absolute atomic E-state index is 12.8. The van der Waals surface area contributed by atoms with Gasteiger partial charge in [0.1, 0.15) is 16.4 Å². The standard InChI is InChI=1S/C27H36N4O2S2/c1-3-5-9-19-26(34)30(22-15-11-7-12-16-22)28-24(32)21-25(33)29-31(23-17-13-8-14-18-23)27(35)20-10-6-4-2/h7-8,11-18H,3-6,9-10,19-21H2,1-2H3,(H,28,32)(H,29,33). The van der Waals surface area contributed by atoms with Crippen LogP contribution in [0.3, 0.4) is 0 Å². The largest absolute Gasteiger partial charge is 0.273 e. The Morgan fingerprint density at radius 2 is 1.03 bits per heavy atom. The molecule has 0 bridgehead atoms. The third-order valence-corrected chi connectivity index (χ3v) is 6.08. The Morgan fingerprint density at radius 3 is 1.37 bits per heavy atom. The monoisotopic (exact) mass is 512 g/mol. The second-order valence-electron chi connectivity index (χ2n) is 8.29. The summed E-state index contributed by atoms with van der Waals surface area (Å²) in [7, 11) is 0. The minimum atomic E-state index is -0.450. The van der Waals surface area contributed by atoms with Crippen molar-refractivity contribution in [1.82, 2.24) is 10.9 Å². The molecule has 0 radical (unpaired) electrons. The van der Waals surface area contributed by atoms with Gasteiger partial charge in [-0.15, -0.1) is 0 Å². The minimum absolute atomic E-state index is 0.359. The number of nitrogens with zero attached hydrogens (tertiary/aromatic N) is 2. The Bertz CT molecular complexity index is 877. The highest BCUT2D eigenvalue weighted by atomic mass is 32.1. The Hall–Kier alpha value is -2.84. The fraction of sp³-hybridized carbons (Fsp3) is 0.407. The number of nitrogens with one attached hydrogen (secondary N) is 2. The summed E-state index contributed by atoms with van der Waals surface area (Å²) in [4.78, 5) is 26.9. The van der Waals surface area contributed by atoms with E-state index in [0.717, 1.165) is 49.9 Å². The van der Waals surface area contributed by atoms with Gasteiger partial charge in [-0.2, -0.15) is 0 Å². The van der Waals surface area contributed by atoms with Gasteiger partial charge in [0.25, 0.3) is 0 Å². The number of hydrogen-bond donors (Lipinski definition) is 2. The second-order valence-corrected chi connectivity index (χ2v) is 9.23. The number of thiocarbonyl (C=S) groups is 2. The molecule has 0 aliphatic carbocycles. The van der Waals surface area contributed by atoms with Gasteiger partial charge < -0.3 is 0 Å². The summed E-state index contributed by atoms with van der Waals surface area (Å²) in [6.45, 7) is 4.26. The van der Waals surface area contributed by atoms with Crippen LogP contribution in [0.5, 0.6) is 0 Å². The first kappa shape index (κ1) is 28.4. The van der Waals surface area contributed by atoms with Gasteiger partial charge in [0, 0.05) is 12.8 Å². The fourth-order valence-corrected chi connectivity index (χ4v) is 4.04. The molecule has 2 aromatic rings. The number of carbonyl (C=O) groups excluding carboxylic acids is 2. The van der Waals surface area contributed by atoms with Gasteiger partial charge in [0.2, 0.25) is 11.8 Å². The highest BCUT2D eigenvalue weighted by Gasteiger charge is 2.20. The number of unbranched alkanes of at least 4 members (excludes halogenated alkanes) is 4. The molecule has 0 saturated heterocycles. The van der Waals surface area contributed by atoms with Crippen LogP contribution < -0.4 is 20.9 Å². The number of benzene rings is 2. The van der Waals surface area contributed by atoms with Gasteiger partial charge in [-0.1, -0.05) is 100 Å². The maximum Gasteiger partial charge on any atom is 0.248 e. The predicted molar refractivity (Wildman–Crippen MR) is 152 cm³/mol. The zero-order valence-corrected chi connectivity index (χ0v) is 22.3. The molecule has 0 saturated carbocycles. The summed E-state index contributed by atoms with van der Waals surface area (Å²) in [5.41, 5.74) is 7.14. The summed E-state index contributed by atoms with van der Waals surface area (Å²) in [5, 5.41) is 3.20. The van der Waals surface area contributed by atoms with E-state index in [1.807, 2.05) is 60.7 Å². The van der Waals surface area contributed by atoms with Crippen molar-refractivity contribution >= 4 is 57.6 Å². The molecule has 0 aromatic heterocycles. The van der Waals surface area contributed by atoms with Crippen molar-refractivity contribution in [3.05, 3.63) is 60.7 Å². The molecule has 0 aliphatic rings. The lowest BCUT2D eigenvalue weighted by Gasteiger charge is -2.27. The van der Waals surface area contributed by atoms with Gasteiger partial charge in [0.15, 0.2) is 0 Å². The van der Waals surface area contributed by atoms with E-state index in [-0.39, 0.29) is 6.42 Å². The third kappa shape index (κ3) is 10.1. The SMILES string of the molecule is CCCCCC(=S)N(NC(=O)CC(=O)NN(C(=S)CCCCC)c1ccccc1)c1ccccc1. The molecule has 188 valence electrons. The van der Waals surface area contributed by atoms with Crippen LogP contribution in [0.15, 0.2) is 60.7 Å². The fourth-order valence-electron chi connectivity index (χ4n) is 3.45. The highest BCUT2D eigenvalue weighted by Crippen LogP contribution is 2.17. The lowest BCUT2D eigenvalue weighted by molar-refractivity contribution is -0.129. The molecule has 2 rings (SSSR count). The molecule has 2 N–H and O–H groups in total. The number of hydrogen-bond acceptors (Lipinski definition) is 4.